The summed E-state index contributed by atoms with van der Waals surface area (Å²) >= 11 is 0. The average Bonchev–Trinajstić information content (AvgIpc) is 3.23. The lowest BCUT2D eigenvalue weighted by Gasteiger charge is -2.23. The Labute approximate surface area is 192 Å². The lowest BCUT2D eigenvalue weighted by Crippen LogP contribution is -2.38. The molecule has 1 aliphatic heterocycles. The zero-order valence-electron chi connectivity index (χ0n) is 18.1. The number of aliphatic imine (C=N–C) groups is 1. The summed E-state index contributed by atoms with van der Waals surface area (Å²) in [6, 6.07) is 5.87. The lowest BCUT2D eigenvalue weighted by atomic mass is 10.2. The smallest absolute Gasteiger partial charge is 0.193 e. The van der Waals surface area contributed by atoms with Gasteiger partial charge in [-0.2, -0.15) is 0 Å². The fourth-order valence-corrected chi connectivity index (χ4v) is 3.12. The number of methoxy groups -OCH3 is 2. The Morgan fingerprint density at radius 1 is 1.31 bits per heavy atom. The van der Waals surface area contributed by atoms with Crippen LogP contribution in [-0.4, -0.2) is 71.1 Å². The summed E-state index contributed by atoms with van der Waals surface area (Å²) in [6.07, 6.45) is 3.44. The molecule has 1 saturated heterocycles. The van der Waals surface area contributed by atoms with Crippen LogP contribution in [-0.2, 0) is 16.0 Å². The first-order valence-electron chi connectivity index (χ1n) is 10.1. The Morgan fingerprint density at radius 2 is 2.14 bits per heavy atom. The van der Waals surface area contributed by atoms with E-state index >= 15 is 0 Å². The van der Waals surface area contributed by atoms with E-state index in [1.165, 1.54) is 0 Å². The second-order valence-electron chi connectivity index (χ2n) is 6.83. The van der Waals surface area contributed by atoms with Crippen LogP contribution in [0.3, 0.4) is 0 Å². The van der Waals surface area contributed by atoms with Crippen LogP contribution >= 0.6 is 24.0 Å². The van der Waals surface area contributed by atoms with Gasteiger partial charge < -0.3 is 29.2 Å². The quantitative estimate of drug-likeness (QED) is 0.209. The Balaban J connectivity index is 0.00000420. The maximum absolute atomic E-state index is 5.71. The minimum absolute atomic E-state index is 0. The number of nitrogens with zero attached hydrogens (tertiary/aromatic N) is 2. The first-order valence-corrected chi connectivity index (χ1v) is 10.1. The maximum Gasteiger partial charge on any atom is 0.193 e. The van der Waals surface area contributed by atoms with Crippen molar-refractivity contribution in [2.45, 2.75) is 38.8 Å². The van der Waals surface area contributed by atoms with Crippen molar-refractivity contribution in [1.82, 2.24) is 10.2 Å². The summed E-state index contributed by atoms with van der Waals surface area (Å²) in [5, 5.41) is 3.35. The molecule has 2 rings (SSSR count). The van der Waals surface area contributed by atoms with Crippen molar-refractivity contribution in [2.75, 3.05) is 54.2 Å². The highest BCUT2D eigenvalue weighted by molar-refractivity contribution is 14.0. The highest BCUT2D eigenvalue weighted by Gasteiger charge is 2.15. The van der Waals surface area contributed by atoms with Gasteiger partial charge in [0.15, 0.2) is 5.96 Å². The molecule has 0 spiro atoms. The summed E-state index contributed by atoms with van der Waals surface area (Å²) in [4.78, 5) is 6.82. The van der Waals surface area contributed by atoms with Crippen LogP contribution in [0.1, 0.15) is 31.7 Å². The van der Waals surface area contributed by atoms with E-state index in [4.69, 9.17) is 23.9 Å². The summed E-state index contributed by atoms with van der Waals surface area (Å²) < 4.78 is 22.0. The van der Waals surface area contributed by atoms with Gasteiger partial charge in [0.1, 0.15) is 11.5 Å². The van der Waals surface area contributed by atoms with Crippen LogP contribution in [0, 0.1) is 0 Å². The van der Waals surface area contributed by atoms with Gasteiger partial charge >= 0.3 is 0 Å². The molecule has 0 bridgehead atoms. The van der Waals surface area contributed by atoms with Gasteiger partial charge in [0.25, 0.3) is 0 Å². The van der Waals surface area contributed by atoms with Crippen molar-refractivity contribution in [3.63, 3.8) is 0 Å². The Morgan fingerprint density at radius 3 is 2.79 bits per heavy atom. The third-order valence-corrected chi connectivity index (χ3v) is 4.63. The number of hydrogen-bond donors (Lipinski definition) is 1. The molecule has 1 aromatic rings. The van der Waals surface area contributed by atoms with Crippen molar-refractivity contribution >= 4 is 29.9 Å². The van der Waals surface area contributed by atoms with Crippen LogP contribution in [0.5, 0.6) is 11.5 Å². The molecule has 1 aliphatic rings. The second-order valence-corrected chi connectivity index (χ2v) is 6.83. The van der Waals surface area contributed by atoms with E-state index in [1.54, 1.807) is 14.2 Å². The molecule has 0 amide bonds. The summed E-state index contributed by atoms with van der Waals surface area (Å²) in [5.41, 5.74) is 1.08. The lowest BCUT2D eigenvalue weighted by molar-refractivity contribution is 0.0170. The Hall–Kier alpha value is -1.26. The molecule has 1 atom stereocenters. The van der Waals surface area contributed by atoms with Crippen LogP contribution in [0.4, 0.5) is 0 Å². The van der Waals surface area contributed by atoms with E-state index in [2.05, 4.69) is 17.1 Å². The third kappa shape index (κ3) is 8.96. The van der Waals surface area contributed by atoms with Gasteiger partial charge in [0.05, 0.1) is 26.9 Å². The number of ether oxygens (including phenoxy) is 4. The molecule has 1 unspecified atom stereocenters. The molecule has 1 heterocycles. The second kappa shape index (κ2) is 14.7. The highest BCUT2D eigenvalue weighted by atomic mass is 127. The van der Waals surface area contributed by atoms with E-state index < -0.39 is 0 Å². The van der Waals surface area contributed by atoms with Crippen LogP contribution in [0.15, 0.2) is 23.2 Å². The maximum atomic E-state index is 5.71. The topological polar surface area (TPSA) is 64.6 Å². The largest absolute Gasteiger partial charge is 0.497 e. The van der Waals surface area contributed by atoms with E-state index in [-0.39, 0.29) is 30.1 Å². The fraction of sp³-hybridized carbons (Fsp3) is 0.667. The molecule has 1 aromatic carbocycles. The van der Waals surface area contributed by atoms with Crippen LogP contribution < -0.4 is 14.8 Å². The molecular formula is C21H36IN3O4. The molecule has 1 fully saturated rings. The van der Waals surface area contributed by atoms with Gasteiger partial charge in [-0.05, 0) is 38.3 Å². The number of halogens is 1. The fourth-order valence-electron chi connectivity index (χ4n) is 3.12. The zero-order valence-corrected chi connectivity index (χ0v) is 20.4. The van der Waals surface area contributed by atoms with Crippen LogP contribution in [0.2, 0.25) is 0 Å². The van der Waals surface area contributed by atoms with E-state index in [1.807, 2.05) is 25.2 Å². The number of hydrogen-bond acceptors (Lipinski definition) is 5. The third-order valence-electron chi connectivity index (χ3n) is 4.63. The molecule has 7 nitrogen and oxygen atoms in total. The molecular weight excluding hydrogens is 485 g/mol. The molecule has 0 radical (unpaired) electrons. The molecule has 29 heavy (non-hydrogen) atoms. The summed E-state index contributed by atoms with van der Waals surface area (Å²) in [6.45, 7) is 6.57. The molecule has 166 valence electrons. The predicted octanol–water partition coefficient (Wildman–Crippen LogP) is 3.30. The van der Waals surface area contributed by atoms with Gasteiger partial charge in [-0.1, -0.05) is 0 Å². The number of benzene rings is 1. The Bertz CT molecular complexity index is 610. The van der Waals surface area contributed by atoms with Gasteiger partial charge in [0, 0.05) is 51.5 Å². The van der Waals surface area contributed by atoms with Gasteiger partial charge in [0.2, 0.25) is 0 Å². The summed E-state index contributed by atoms with van der Waals surface area (Å²) in [7, 11) is 5.36. The Kier molecular flexibility index (Phi) is 13.0. The monoisotopic (exact) mass is 521 g/mol. The first kappa shape index (κ1) is 25.8. The van der Waals surface area contributed by atoms with Crippen molar-refractivity contribution < 1.29 is 18.9 Å². The molecule has 8 heteroatoms. The minimum Gasteiger partial charge on any atom is -0.497 e. The van der Waals surface area contributed by atoms with Crippen molar-refractivity contribution in [3.05, 3.63) is 23.8 Å². The molecule has 0 aromatic heterocycles. The number of guanidine groups is 1. The van der Waals surface area contributed by atoms with Crippen molar-refractivity contribution in [2.24, 2.45) is 4.99 Å². The van der Waals surface area contributed by atoms with Crippen molar-refractivity contribution in [1.29, 1.82) is 0 Å². The minimum atomic E-state index is 0. The predicted molar refractivity (Wildman–Crippen MR) is 127 cm³/mol. The first-order chi connectivity index (χ1) is 13.7. The number of nitrogens with one attached hydrogen (secondary N) is 1. The molecule has 1 N–H and O–H groups in total. The average molecular weight is 521 g/mol. The SMILES string of the molecule is CCNC(=NCCCOCC1CCCO1)N(C)Cc1ccc(OC)cc1OC.I. The summed E-state index contributed by atoms with van der Waals surface area (Å²) in [5.74, 6) is 2.47. The van der Waals surface area contributed by atoms with E-state index in [0.717, 1.165) is 62.0 Å². The van der Waals surface area contributed by atoms with E-state index in [9.17, 15) is 0 Å². The standard InChI is InChI=1S/C21H35N3O4.HI/c1-5-22-21(23-11-7-12-27-16-19-8-6-13-28-19)24(2)15-17-9-10-18(25-3)14-20(17)26-4;/h9-10,14,19H,5-8,11-13,15-16H2,1-4H3,(H,22,23);1H. The molecule has 0 saturated carbocycles. The highest BCUT2D eigenvalue weighted by Crippen LogP contribution is 2.25. The normalized spacial score (nSPS) is 16.3. The molecule has 0 aliphatic carbocycles. The van der Waals surface area contributed by atoms with Gasteiger partial charge in [-0.15, -0.1) is 24.0 Å². The van der Waals surface area contributed by atoms with Crippen LogP contribution in [0.25, 0.3) is 0 Å². The van der Waals surface area contributed by atoms with Gasteiger partial charge in [-0.3, -0.25) is 4.99 Å². The zero-order chi connectivity index (χ0) is 20.2. The number of rotatable bonds is 11. The van der Waals surface area contributed by atoms with Gasteiger partial charge in [-0.25, -0.2) is 0 Å². The van der Waals surface area contributed by atoms with Crippen molar-refractivity contribution in [3.8, 4) is 11.5 Å². The van der Waals surface area contributed by atoms with E-state index in [0.29, 0.717) is 19.8 Å².